The molecule has 0 saturated carbocycles. The first kappa shape index (κ1) is 22.5. The van der Waals surface area contributed by atoms with Crippen molar-refractivity contribution in [2.45, 2.75) is 18.9 Å². The van der Waals surface area contributed by atoms with Gasteiger partial charge in [-0.15, -0.1) is 0 Å². The average Bonchev–Trinajstić information content (AvgIpc) is 2.48. The van der Waals surface area contributed by atoms with E-state index in [9.17, 15) is 5.11 Å². The number of hydrogen-bond donors (Lipinski definition) is 1. The first-order valence-electron chi connectivity index (χ1n) is 7.49. The molecule has 2 aromatic rings. The van der Waals surface area contributed by atoms with E-state index in [4.69, 9.17) is 0 Å². The fourth-order valence-corrected chi connectivity index (χ4v) is 2.89. The molecule has 2 rings (SSSR count). The Morgan fingerprint density at radius 2 is 1.48 bits per heavy atom. The maximum absolute atomic E-state index is 11.4. The fraction of sp³-hybridized carbons (Fsp3) is 0.368. The van der Waals surface area contributed by atoms with Crippen molar-refractivity contribution < 1.29 is 25.4 Å². The zero-order chi connectivity index (χ0) is 15.3. The molecule has 0 aliphatic rings. The summed E-state index contributed by atoms with van der Waals surface area (Å²) in [5, 5.41) is 11.4. The van der Waals surface area contributed by atoms with E-state index in [1.807, 2.05) is 62.6 Å². The number of rotatable bonds is 6. The predicted octanol–water partition coefficient (Wildman–Crippen LogP) is -0.753. The van der Waals surface area contributed by atoms with Crippen LogP contribution < -0.4 is 18.9 Å². The second kappa shape index (κ2) is 10.4. The summed E-state index contributed by atoms with van der Waals surface area (Å²) in [6.07, 6.45) is 0.632. The van der Waals surface area contributed by atoms with Gasteiger partial charge in [0.15, 0.2) is 17.4 Å². The number of nitrogens with zero attached hydrogens (tertiary/aromatic N) is 1. The molecule has 0 fully saturated rings. The molecule has 0 spiro atoms. The Bertz CT molecular complexity index is 556. The molecule has 0 aliphatic carbocycles. The second-order valence-electron chi connectivity index (χ2n) is 6.12. The Labute approximate surface area is 164 Å². The molecule has 0 bridgehead atoms. The molecule has 1 N–H and O–H groups in total. The van der Waals surface area contributed by atoms with E-state index in [1.165, 1.54) is 0 Å². The predicted molar refractivity (Wildman–Crippen MR) is 99.3 cm³/mol. The third kappa shape index (κ3) is 6.13. The van der Waals surface area contributed by atoms with Crippen LogP contribution in [0.15, 0.2) is 60.7 Å². The van der Waals surface area contributed by atoms with E-state index >= 15 is 0 Å². The molecule has 0 saturated heterocycles. The maximum Gasteiger partial charge on any atom is 1.00 e. The van der Waals surface area contributed by atoms with Gasteiger partial charge in [0.05, 0.1) is 5.60 Å². The van der Waals surface area contributed by atoms with Crippen LogP contribution in [0.5, 0.6) is 0 Å². The minimum Gasteiger partial charge on any atom is -1.00 e. The summed E-state index contributed by atoms with van der Waals surface area (Å²) in [6.45, 7) is 2.97. The van der Waals surface area contributed by atoms with Crippen LogP contribution in [0.4, 0.5) is 0 Å². The third-order valence-corrected chi connectivity index (χ3v) is 4.04. The van der Waals surface area contributed by atoms with E-state index in [-0.39, 0.29) is 43.6 Å². The SMILES string of the molecule is CC(CN(C)C)[C@@](O)(Cc1ccccc1)c1ccccc1.[AlH3].[H-].[Li+]. The van der Waals surface area contributed by atoms with Crippen LogP contribution in [0.25, 0.3) is 0 Å². The molecule has 4 heteroatoms. The van der Waals surface area contributed by atoms with Gasteiger partial charge in [0, 0.05) is 18.9 Å². The van der Waals surface area contributed by atoms with Crippen LogP contribution in [0.3, 0.4) is 0 Å². The van der Waals surface area contributed by atoms with Gasteiger partial charge in [-0.3, -0.25) is 0 Å². The molecule has 1 unspecified atom stereocenters. The molecule has 23 heavy (non-hydrogen) atoms. The van der Waals surface area contributed by atoms with Gasteiger partial charge >= 0.3 is 18.9 Å². The first-order valence-corrected chi connectivity index (χ1v) is 7.49. The van der Waals surface area contributed by atoms with Gasteiger partial charge in [-0.2, -0.15) is 0 Å². The van der Waals surface area contributed by atoms with Crippen molar-refractivity contribution in [3.8, 4) is 0 Å². The summed E-state index contributed by atoms with van der Waals surface area (Å²) in [5.41, 5.74) is 1.30. The van der Waals surface area contributed by atoms with Crippen LogP contribution in [0, 0.1) is 5.92 Å². The van der Waals surface area contributed by atoms with Crippen molar-refractivity contribution in [2.24, 2.45) is 5.92 Å². The Kier molecular flexibility index (Phi) is 10.1. The summed E-state index contributed by atoms with van der Waals surface area (Å²) in [6, 6.07) is 20.2. The molecule has 2 atom stereocenters. The van der Waals surface area contributed by atoms with E-state index in [2.05, 4.69) is 24.0 Å². The van der Waals surface area contributed by atoms with Crippen molar-refractivity contribution in [3.63, 3.8) is 0 Å². The van der Waals surface area contributed by atoms with E-state index < -0.39 is 5.60 Å². The molecule has 0 amide bonds. The molecule has 120 valence electrons. The van der Waals surface area contributed by atoms with Crippen LogP contribution in [0.2, 0.25) is 0 Å². The molecular formula is C19H29AlLiNO. The Balaban J connectivity index is 0. The summed E-state index contributed by atoms with van der Waals surface area (Å²) >= 11 is 0. The second-order valence-corrected chi connectivity index (χ2v) is 6.12. The van der Waals surface area contributed by atoms with Crippen LogP contribution in [-0.4, -0.2) is 48.0 Å². The van der Waals surface area contributed by atoms with Gasteiger partial charge in [-0.25, -0.2) is 0 Å². The van der Waals surface area contributed by atoms with E-state index in [0.29, 0.717) is 6.42 Å². The van der Waals surface area contributed by atoms with E-state index in [1.54, 1.807) is 0 Å². The summed E-state index contributed by atoms with van der Waals surface area (Å²) in [7, 11) is 4.09. The molecule has 0 radical (unpaired) electrons. The standard InChI is InChI=1S/C19H25NO.Al.Li.4H/c1-16(15-20(2)3)19(21,18-12-8-5-9-13-18)14-17-10-6-4-7-11-17;;;;;;/h4-13,16,21H,14-15H2,1-3H3;;;;;;/q;;+1;;;;-1/t16?,19-;;;;;;/m0....../s1. The van der Waals surface area contributed by atoms with Gasteiger partial charge in [-0.05, 0) is 25.2 Å². The Hall–Kier alpha value is -0.510. The van der Waals surface area contributed by atoms with Gasteiger partial charge in [0.1, 0.15) is 0 Å². The van der Waals surface area contributed by atoms with Gasteiger partial charge in [0.25, 0.3) is 0 Å². The topological polar surface area (TPSA) is 23.5 Å². The van der Waals surface area contributed by atoms with Gasteiger partial charge in [-0.1, -0.05) is 67.6 Å². The smallest absolute Gasteiger partial charge is 1.00 e. The molecular weight excluding hydrogens is 292 g/mol. The van der Waals surface area contributed by atoms with Crippen LogP contribution >= 0.6 is 0 Å². The van der Waals surface area contributed by atoms with Crippen LogP contribution in [0.1, 0.15) is 19.5 Å². The molecule has 2 aromatic carbocycles. The van der Waals surface area contributed by atoms with Crippen molar-refractivity contribution in [1.82, 2.24) is 4.90 Å². The molecule has 2 nitrogen and oxygen atoms in total. The molecule has 0 aromatic heterocycles. The fourth-order valence-electron chi connectivity index (χ4n) is 2.89. The number of hydrogen-bond acceptors (Lipinski definition) is 2. The summed E-state index contributed by atoms with van der Waals surface area (Å²) < 4.78 is 0. The van der Waals surface area contributed by atoms with Gasteiger partial charge in [0.2, 0.25) is 0 Å². The molecule has 0 heterocycles. The first-order chi connectivity index (χ1) is 10.0. The number of benzene rings is 2. The van der Waals surface area contributed by atoms with Crippen molar-refractivity contribution in [2.75, 3.05) is 20.6 Å². The van der Waals surface area contributed by atoms with Crippen molar-refractivity contribution in [3.05, 3.63) is 71.8 Å². The van der Waals surface area contributed by atoms with Crippen LogP contribution in [-0.2, 0) is 12.0 Å². The minimum absolute atomic E-state index is 0. The van der Waals surface area contributed by atoms with E-state index in [0.717, 1.165) is 17.7 Å². The number of aliphatic hydroxyl groups is 1. The van der Waals surface area contributed by atoms with Crippen molar-refractivity contribution >= 4 is 17.4 Å². The summed E-state index contributed by atoms with van der Waals surface area (Å²) in [5.74, 6) is 0.134. The Morgan fingerprint density at radius 3 is 1.96 bits per heavy atom. The van der Waals surface area contributed by atoms with Crippen molar-refractivity contribution in [1.29, 1.82) is 0 Å². The molecule has 0 aliphatic heterocycles. The quantitative estimate of drug-likeness (QED) is 0.708. The third-order valence-electron chi connectivity index (χ3n) is 4.04. The Morgan fingerprint density at radius 1 is 1.00 bits per heavy atom. The van der Waals surface area contributed by atoms with Gasteiger partial charge < -0.3 is 11.4 Å². The summed E-state index contributed by atoms with van der Waals surface area (Å²) in [4.78, 5) is 2.13. The zero-order valence-electron chi connectivity index (χ0n) is 15.2. The zero-order valence-corrected chi connectivity index (χ0v) is 14.2. The normalized spacial score (nSPS) is 14.3. The monoisotopic (exact) mass is 321 g/mol. The largest absolute Gasteiger partial charge is 1.00 e. The average molecular weight is 321 g/mol. The minimum atomic E-state index is -0.854. The maximum atomic E-state index is 11.4.